The number of guanidine groups is 1. The molecule has 0 aromatic heterocycles. The van der Waals surface area contributed by atoms with Crippen molar-refractivity contribution in [2.24, 2.45) is 4.99 Å². The Morgan fingerprint density at radius 2 is 1.76 bits per heavy atom. The molecular weight excluding hydrogens is 395 g/mol. The van der Waals surface area contributed by atoms with Gasteiger partial charge in [-0.1, -0.05) is 6.08 Å². The van der Waals surface area contributed by atoms with Gasteiger partial charge >= 0.3 is 0 Å². The maximum absolute atomic E-state index is 4.24. The zero-order chi connectivity index (χ0) is 15.4. The standard InChI is InChI=1S/C15H32N4S.HI/c1-7-11-20-12-9-18-15(16-6)17-8-10-19(13(2)3)14(4)5;/h7,13-14H,1,8-12H2,2-6H3,(H2,16,17,18);1H. The quantitative estimate of drug-likeness (QED) is 0.185. The van der Waals surface area contributed by atoms with E-state index in [0.717, 1.165) is 37.1 Å². The molecule has 0 saturated carbocycles. The summed E-state index contributed by atoms with van der Waals surface area (Å²) in [5.41, 5.74) is 0. The van der Waals surface area contributed by atoms with Crippen LogP contribution in [0.2, 0.25) is 0 Å². The van der Waals surface area contributed by atoms with E-state index >= 15 is 0 Å². The molecule has 0 radical (unpaired) electrons. The lowest BCUT2D eigenvalue weighted by atomic mass is 10.2. The lowest BCUT2D eigenvalue weighted by Gasteiger charge is -2.30. The number of halogens is 1. The molecule has 0 aliphatic rings. The zero-order valence-electron chi connectivity index (χ0n) is 14.2. The van der Waals surface area contributed by atoms with Crippen LogP contribution in [0.5, 0.6) is 0 Å². The normalized spacial score (nSPS) is 11.7. The van der Waals surface area contributed by atoms with Gasteiger partial charge in [0, 0.05) is 50.3 Å². The molecule has 0 aliphatic carbocycles. The highest BCUT2D eigenvalue weighted by molar-refractivity contribution is 14.0. The van der Waals surface area contributed by atoms with Gasteiger partial charge in [0.05, 0.1) is 0 Å². The van der Waals surface area contributed by atoms with Crippen LogP contribution in [0.1, 0.15) is 27.7 Å². The fourth-order valence-corrected chi connectivity index (χ4v) is 2.62. The van der Waals surface area contributed by atoms with Gasteiger partial charge in [0.2, 0.25) is 0 Å². The van der Waals surface area contributed by atoms with Crippen molar-refractivity contribution in [2.45, 2.75) is 39.8 Å². The fourth-order valence-electron chi connectivity index (χ4n) is 2.04. The highest BCUT2D eigenvalue weighted by atomic mass is 127. The second kappa shape index (κ2) is 15.0. The summed E-state index contributed by atoms with van der Waals surface area (Å²) < 4.78 is 0. The molecule has 6 heteroatoms. The highest BCUT2D eigenvalue weighted by Crippen LogP contribution is 2.03. The summed E-state index contributed by atoms with van der Waals surface area (Å²) in [5.74, 6) is 2.96. The van der Waals surface area contributed by atoms with E-state index in [4.69, 9.17) is 0 Å². The molecular formula is C15H33IN4S. The first-order chi connectivity index (χ1) is 9.52. The van der Waals surface area contributed by atoms with Gasteiger partial charge in [-0.15, -0.1) is 30.6 Å². The molecule has 0 saturated heterocycles. The molecule has 0 aliphatic heterocycles. The predicted molar refractivity (Wildman–Crippen MR) is 109 cm³/mol. The van der Waals surface area contributed by atoms with Crippen LogP contribution in [0.25, 0.3) is 0 Å². The van der Waals surface area contributed by atoms with Crippen LogP contribution in [-0.4, -0.2) is 61.1 Å². The number of nitrogens with zero attached hydrogens (tertiary/aromatic N) is 2. The van der Waals surface area contributed by atoms with Crippen LogP contribution in [0.3, 0.4) is 0 Å². The van der Waals surface area contributed by atoms with Crippen LogP contribution >= 0.6 is 35.7 Å². The molecule has 0 rings (SSSR count). The van der Waals surface area contributed by atoms with E-state index in [1.54, 1.807) is 0 Å². The number of rotatable bonds is 10. The SMILES string of the molecule is C=CCSCCNC(=NC)NCCN(C(C)C)C(C)C.I. The van der Waals surface area contributed by atoms with E-state index in [0.29, 0.717) is 12.1 Å². The first-order valence-electron chi connectivity index (χ1n) is 7.41. The van der Waals surface area contributed by atoms with Crippen molar-refractivity contribution < 1.29 is 0 Å². The Balaban J connectivity index is 0. The average molecular weight is 428 g/mol. The number of hydrogen-bond donors (Lipinski definition) is 2. The molecule has 2 N–H and O–H groups in total. The van der Waals surface area contributed by atoms with Crippen LogP contribution in [0.4, 0.5) is 0 Å². The third kappa shape index (κ3) is 12.3. The maximum atomic E-state index is 4.24. The molecule has 0 unspecified atom stereocenters. The summed E-state index contributed by atoms with van der Waals surface area (Å²) in [6.07, 6.45) is 1.93. The maximum Gasteiger partial charge on any atom is 0.191 e. The summed E-state index contributed by atoms with van der Waals surface area (Å²) in [4.78, 5) is 6.71. The molecule has 0 atom stereocenters. The fraction of sp³-hybridized carbons (Fsp3) is 0.800. The van der Waals surface area contributed by atoms with Gasteiger partial charge in [-0.3, -0.25) is 9.89 Å². The minimum atomic E-state index is 0. The second-order valence-electron chi connectivity index (χ2n) is 5.21. The smallest absolute Gasteiger partial charge is 0.191 e. The van der Waals surface area contributed by atoms with E-state index in [2.05, 4.69) is 54.8 Å². The van der Waals surface area contributed by atoms with Gasteiger partial charge < -0.3 is 10.6 Å². The lowest BCUT2D eigenvalue weighted by Crippen LogP contribution is -2.45. The Labute approximate surface area is 152 Å². The van der Waals surface area contributed by atoms with Gasteiger partial charge in [0.1, 0.15) is 0 Å². The van der Waals surface area contributed by atoms with E-state index in [1.807, 2.05) is 24.9 Å². The van der Waals surface area contributed by atoms with Crippen molar-refractivity contribution in [1.29, 1.82) is 0 Å². The van der Waals surface area contributed by atoms with Crippen LogP contribution in [0.15, 0.2) is 17.6 Å². The van der Waals surface area contributed by atoms with Crippen molar-refractivity contribution in [1.82, 2.24) is 15.5 Å². The monoisotopic (exact) mass is 428 g/mol. The summed E-state index contributed by atoms with van der Waals surface area (Å²) in [6, 6.07) is 1.14. The number of thioether (sulfide) groups is 1. The highest BCUT2D eigenvalue weighted by Gasteiger charge is 2.12. The van der Waals surface area contributed by atoms with Gasteiger partial charge in [0.25, 0.3) is 0 Å². The lowest BCUT2D eigenvalue weighted by molar-refractivity contribution is 0.178. The molecule has 0 aromatic rings. The van der Waals surface area contributed by atoms with Crippen molar-refractivity contribution in [3.05, 3.63) is 12.7 Å². The largest absolute Gasteiger partial charge is 0.356 e. The van der Waals surface area contributed by atoms with Crippen molar-refractivity contribution in [3.8, 4) is 0 Å². The summed E-state index contributed by atoms with van der Waals surface area (Å²) in [5, 5.41) is 6.69. The number of hydrogen-bond acceptors (Lipinski definition) is 3. The average Bonchev–Trinajstić information content (AvgIpc) is 2.39. The molecule has 0 aromatic carbocycles. The van der Waals surface area contributed by atoms with E-state index in [9.17, 15) is 0 Å². The molecule has 126 valence electrons. The molecule has 21 heavy (non-hydrogen) atoms. The zero-order valence-corrected chi connectivity index (χ0v) is 17.3. The Kier molecular flexibility index (Phi) is 16.6. The third-order valence-corrected chi connectivity index (χ3v) is 3.95. The van der Waals surface area contributed by atoms with Crippen molar-refractivity contribution >= 4 is 41.7 Å². The second-order valence-corrected chi connectivity index (χ2v) is 6.36. The Morgan fingerprint density at radius 1 is 1.19 bits per heavy atom. The topological polar surface area (TPSA) is 39.7 Å². The first kappa shape index (κ1) is 23.3. The summed E-state index contributed by atoms with van der Waals surface area (Å²) >= 11 is 1.87. The van der Waals surface area contributed by atoms with Gasteiger partial charge in [0.15, 0.2) is 5.96 Å². The van der Waals surface area contributed by atoms with E-state index in [-0.39, 0.29) is 24.0 Å². The van der Waals surface area contributed by atoms with Gasteiger partial charge in [-0.05, 0) is 27.7 Å². The van der Waals surface area contributed by atoms with Crippen molar-refractivity contribution in [2.75, 3.05) is 38.2 Å². The van der Waals surface area contributed by atoms with Gasteiger partial charge in [-0.25, -0.2) is 0 Å². The van der Waals surface area contributed by atoms with Crippen LogP contribution in [0, 0.1) is 0 Å². The minimum Gasteiger partial charge on any atom is -0.356 e. The number of aliphatic imine (C=N–C) groups is 1. The molecule has 0 heterocycles. The minimum absolute atomic E-state index is 0. The molecule has 0 fully saturated rings. The molecule has 0 bridgehead atoms. The van der Waals surface area contributed by atoms with E-state index < -0.39 is 0 Å². The number of nitrogens with one attached hydrogen (secondary N) is 2. The van der Waals surface area contributed by atoms with E-state index in [1.165, 1.54) is 0 Å². The first-order valence-corrected chi connectivity index (χ1v) is 8.57. The summed E-state index contributed by atoms with van der Waals surface area (Å²) in [6.45, 7) is 15.5. The molecule has 0 amide bonds. The molecule has 4 nitrogen and oxygen atoms in total. The van der Waals surface area contributed by atoms with Gasteiger partial charge in [-0.2, -0.15) is 11.8 Å². The van der Waals surface area contributed by atoms with Crippen LogP contribution < -0.4 is 10.6 Å². The Bertz CT molecular complexity index is 275. The predicted octanol–water partition coefficient (Wildman–Crippen LogP) is 2.81. The van der Waals surface area contributed by atoms with Crippen LogP contribution in [-0.2, 0) is 0 Å². The van der Waals surface area contributed by atoms with Crippen molar-refractivity contribution in [3.63, 3.8) is 0 Å². The molecule has 0 spiro atoms. The Hall–Kier alpha value is 0.0500. The Morgan fingerprint density at radius 3 is 2.24 bits per heavy atom. The summed E-state index contributed by atoms with van der Waals surface area (Å²) in [7, 11) is 1.81. The third-order valence-electron chi connectivity index (χ3n) is 2.99.